The molecule has 3 heterocycles. The fraction of sp³-hybridized carbons (Fsp3) is 0.417. The number of likely N-dealkylation sites (tertiary alicyclic amines) is 1. The third kappa shape index (κ3) is 4.61. The Morgan fingerprint density at radius 3 is 2.47 bits per heavy atom. The number of hydrogen-bond acceptors (Lipinski definition) is 7. The molecular weight excluding hydrogens is 440 g/mol. The van der Waals surface area contributed by atoms with Crippen molar-refractivity contribution < 1.29 is 23.9 Å². The first-order valence-corrected chi connectivity index (χ1v) is 11.2. The van der Waals surface area contributed by atoms with E-state index in [9.17, 15) is 19.2 Å². The van der Waals surface area contributed by atoms with E-state index in [0.29, 0.717) is 31.1 Å². The van der Waals surface area contributed by atoms with Crippen LogP contribution >= 0.6 is 0 Å². The highest BCUT2D eigenvalue weighted by Crippen LogP contribution is 2.29. The number of nitrogens with two attached hydrogens (primary N) is 1. The summed E-state index contributed by atoms with van der Waals surface area (Å²) in [6.07, 6.45) is 1.20. The molecule has 0 spiro atoms. The normalized spacial score (nSPS) is 16.3. The molecule has 10 nitrogen and oxygen atoms in total. The molecule has 1 aromatic heterocycles. The predicted octanol–water partition coefficient (Wildman–Crippen LogP) is 2.33. The number of anilines is 1. The summed E-state index contributed by atoms with van der Waals surface area (Å²) < 4.78 is 12.7. The van der Waals surface area contributed by atoms with Crippen LogP contribution in [0.25, 0.3) is 5.69 Å². The summed E-state index contributed by atoms with van der Waals surface area (Å²) in [6, 6.07) is 7.99. The third-order valence-electron chi connectivity index (χ3n) is 5.80. The topological polar surface area (TPSA) is 133 Å². The zero-order valence-corrected chi connectivity index (χ0v) is 19.4. The molecule has 4 rings (SSSR count). The van der Waals surface area contributed by atoms with E-state index in [-0.39, 0.29) is 29.0 Å². The van der Waals surface area contributed by atoms with Gasteiger partial charge in [0.1, 0.15) is 17.2 Å². The smallest absolute Gasteiger partial charge is 0.410 e. The zero-order valence-electron chi connectivity index (χ0n) is 19.4. The van der Waals surface area contributed by atoms with Crippen LogP contribution in [0.3, 0.4) is 0 Å². The highest BCUT2D eigenvalue weighted by atomic mass is 16.6. The Labute approximate surface area is 196 Å². The highest BCUT2D eigenvalue weighted by molar-refractivity contribution is 6.23. The number of carbonyl (C=O) groups excluding carboxylic acids is 3. The molecule has 0 radical (unpaired) electrons. The molecular formula is C24H28N4O6. The summed E-state index contributed by atoms with van der Waals surface area (Å²) in [5, 5.41) is 2.16. The third-order valence-corrected chi connectivity index (χ3v) is 5.80. The minimum Gasteiger partial charge on any atom is -0.491 e. The molecule has 180 valence electrons. The molecule has 2 aliphatic heterocycles. The van der Waals surface area contributed by atoms with Gasteiger partial charge in [0.05, 0.1) is 23.4 Å². The molecule has 0 bridgehead atoms. The maximum atomic E-state index is 12.8. The van der Waals surface area contributed by atoms with E-state index < -0.39 is 23.0 Å². The van der Waals surface area contributed by atoms with Gasteiger partial charge in [-0.15, -0.1) is 0 Å². The molecule has 0 atom stereocenters. The van der Waals surface area contributed by atoms with Gasteiger partial charge >= 0.3 is 6.09 Å². The van der Waals surface area contributed by atoms with Crippen LogP contribution in [0.2, 0.25) is 0 Å². The molecule has 34 heavy (non-hydrogen) atoms. The molecule has 2 aromatic rings. The van der Waals surface area contributed by atoms with Crippen LogP contribution in [0.5, 0.6) is 5.75 Å². The van der Waals surface area contributed by atoms with Gasteiger partial charge in [-0.3, -0.25) is 24.3 Å². The van der Waals surface area contributed by atoms with Crippen molar-refractivity contribution in [2.45, 2.75) is 39.2 Å². The summed E-state index contributed by atoms with van der Waals surface area (Å²) >= 11 is 0. The second kappa shape index (κ2) is 8.85. The lowest BCUT2D eigenvalue weighted by molar-refractivity contribution is 0.0164. The average Bonchev–Trinajstić information content (AvgIpc) is 3.05. The second-order valence-electron chi connectivity index (χ2n) is 9.46. The van der Waals surface area contributed by atoms with Gasteiger partial charge in [0, 0.05) is 19.2 Å². The maximum Gasteiger partial charge on any atom is 0.410 e. The number of benzene rings is 1. The van der Waals surface area contributed by atoms with Gasteiger partial charge in [-0.05, 0) is 51.7 Å². The summed E-state index contributed by atoms with van der Waals surface area (Å²) in [7, 11) is 0. The van der Waals surface area contributed by atoms with E-state index in [1.807, 2.05) is 20.8 Å². The number of nitrogen functional groups attached to an aromatic ring is 1. The predicted molar refractivity (Wildman–Crippen MR) is 124 cm³/mol. The Morgan fingerprint density at radius 1 is 1.12 bits per heavy atom. The number of carbonyl (C=O) groups is 3. The lowest BCUT2D eigenvalue weighted by Crippen LogP contribution is -2.42. The van der Waals surface area contributed by atoms with Crippen LogP contribution < -0.4 is 21.3 Å². The Balaban J connectivity index is 1.48. The molecule has 2 aliphatic rings. The van der Waals surface area contributed by atoms with Crippen molar-refractivity contribution in [3.05, 3.63) is 51.8 Å². The van der Waals surface area contributed by atoms with Crippen LogP contribution in [0.4, 0.5) is 10.6 Å². The fourth-order valence-electron chi connectivity index (χ4n) is 4.11. The highest BCUT2D eigenvalue weighted by Gasteiger charge is 2.32. The number of ether oxygens (including phenoxy) is 2. The summed E-state index contributed by atoms with van der Waals surface area (Å²) in [5.74, 6) is -0.757. The monoisotopic (exact) mass is 468 g/mol. The number of pyridine rings is 1. The van der Waals surface area contributed by atoms with Crippen molar-refractivity contribution in [3.8, 4) is 11.4 Å². The number of hydrogen-bond donors (Lipinski definition) is 2. The molecule has 0 saturated carbocycles. The van der Waals surface area contributed by atoms with Crippen LogP contribution in [-0.2, 0) is 4.74 Å². The van der Waals surface area contributed by atoms with E-state index in [0.717, 1.165) is 18.9 Å². The Morgan fingerprint density at radius 2 is 1.79 bits per heavy atom. The largest absolute Gasteiger partial charge is 0.491 e. The number of imide groups is 1. The van der Waals surface area contributed by atoms with Crippen molar-refractivity contribution >= 4 is 23.7 Å². The summed E-state index contributed by atoms with van der Waals surface area (Å²) in [6.45, 7) is 7.05. The molecule has 0 aliphatic carbocycles. The average molecular weight is 469 g/mol. The minimum atomic E-state index is -0.641. The van der Waals surface area contributed by atoms with Crippen molar-refractivity contribution in [2.24, 2.45) is 5.92 Å². The van der Waals surface area contributed by atoms with Gasteiger partial charge in [-0.1, -0.05) is 12.1 Å². The van der Waals surface area contributed by atoms with E-state index in [4.69, 9.17) is 15.2 Å². The van der Waals surface area contributed by atoms with Crippen molar-refractivity contribution in [3.63, 3.8) is 0 Å². The lowest BCUT2D eigenvalue weighted by atomic mass is 9.98. The Bertz CT molecular complexity index is 1200. The number of rotatable bonds is 4. The first-order chi connectivity index (χ1) is 16.0. The van der Waals surface area contributed by atoms with Crippen LogP contribution in [0.15, 0.2) is 35.1 Å². The van der Waals surface area contributed by atoms with Gasteiger partial charge in [0.25, 0.3) is 17.4 Å². The Hall–Kier alpha value is -3.82. The van der Waals surface area contributed by atoms with Gasteiger partial charge in [0.2, 0.25) is 0 Å². The van der Waals surface area contributed by atoms with Crippen molar-refractivity contribution in [1.82, 2.24) is 14.8 Å². The van der Waals surface area contributed by atoms with Crippen LogP contribution in [-0.4, -0.2) is 52.7 Å². The molecule has 1 fully saturated rings. The quantitative estimate of drug-likeness (QED) is 0.658. The summed E-state index contributed by atoms with van der Waals surface area (Å²) in [4.78, 5) is 50.8. The Kier molecular flexibility index (Phi) is 6.07. The molecule has 3 amide bonds. The second-order valence-corrected chi connectivity index (χ2v) is 9.46. The number of nitrogens with zero attached hydrogens (tertiary/aromatic N) is 2. The van der Waals surface area contributed by atoms with Gasteiger partial charge in [0.15, 0.2) is 0 Å². The molecule has 1 aromatic carbocycles. The SMILES string of the molecule is CC(C)(C)OC(=O)N1CCC(COc2ccccc2-n2c(N)c3c(cc2=O)C(=O)NC3=O)CC1. The van der Waals surface area contributed by atoms with E-state index in [2.05, 4.69) is 5.32 Å². The number of aromatic nitrogens is 1. The van der Waals surface area contributed by atoms with Gasteiger partial charge in [-0.25, -0.2) is 4.79 Å². The number of amides is 3. The van der Waals surface area contributed by atoms with Gasteiger partial charge in [-0.2, -0.15) is 0 Å². The van der Waals surface area contributed by atoms with Crippen LogP contribution in [0, 0.1) is 5.92 Å². The lowest BCUT2D eigenvalue weighted by Gasteiger charge is -2.33. The molecule has 0 unspecified atom stereocenters. The van der Waals surface area contributed by atoms with Gasteiger partial charge < -0.3 is 20.1 Å². The van der Waals surface area contributed by atoms with Crippen molar-refractivity contribution in [2.75, 3.05) is 25.4 Å². The molecule has 1 saturated heterocycles. The standard InChI is InChI=1S/C24H28N4O6/c1-24(2,3)34-23(32)27-10-8-14(9-11-27)13-33-17-7-5-4-6-16(17)28-18(29)12-15-19(20(28)25)22(31)26-21(15)30/h4-7,12,14H,8-11,13,25H2,1-3H3,(H,26,30,31). The number of para-hydroxylation sites is 2. The maximum absolute atomic E-state index is 12.8. The molecule has 10 heteroatoms. The van der Waals surface area contributed by atoms with E-state index in [1.54, 1.807) is 29.2 Å². The van der Waals surface area contributed by atoms with E-state index >= 15 is 0 Å². The fourth-order valence-corrected chi connectivity index (χ4v) is 4.11. The molecule has 3 N–H and O–H groups in total. The minimum absolute atomic E-state index is 0.0195. The van der Waals surface area contributed by atoms with Crippen molar-refractivity contribution in [1.29, 1.82) is 0 Å². The number of fused-ring (bicyclic) bond motifs is 1. The number of piperidine rings is 1. The first kappa shape index (κ1) is 23.3. The van der Waals surface area contributed by atoms with Crippen LogP contribution in [0.1, 0.15) is 54.3 Å². The first-order valence-electron chi connectivity index (χ1n) is 11.2. The zero-order chi connectivity index (χ0) is 24.6. The van der Waals surface area contributed by atoms with E-state index in [1.165, 1.54) is 4.57 Å². The summed E-state index contributed by atoms with van der Waals surface area (Å²) in [5.41, 5.74) is 5.42. The number of nitrogens with one attached hydrogen (secondary N) is 1.